The van der Waals surface area contributed by atoms with Gasteiger partial charge < -0.3 is 15.8 Å². The molecule has 0 aromatic rings. The van der Waals surface area contributed by atoms with Gasteiger partial charge in [-0.2, -0.15) is 4.31 Å². The van der Waals surface area contributed by atoms with E-state index in [1.165, 1.54) is 8.61 Å². The highest BCUT2D eigenvalue weighted by Crippen LogP contribution is 2.24. The summed E-state index contributed by atoms with van der Waals surface area (Å²) in [6.07, 6.45) is 0.865. The minimum atomic E-state index is -3.17. The lowest BCUT2D eigenvalue weighted by Gasteiger charge is -2.34. The first-order chi connectivity index (χ1) is 15.5. The van der Waals surface area contributed by atoms with E-state index in [-0.39, 0.29) is 53.4 Å². The van der Waals surface area contributed by atoms with Crippen molar-refractivity contribution in [2.24, 2.45) is 16.6 Å². The van der Waals surface area contributed by atoms with Gasteiger partial charge in [0.2, 0.25) is 20.0 Å². The summed E-state index contributed by atoms with van der Waals surface area (Å²) in [7, 11) is -6.16. The van der Waals surface area contributed by atoms with Crippen LogP contribution in [0.4, 0.5) is 4.79 Å². The molecule has 216 valence electrons. The van der Waals surface area contributed by atoms with Gasteiger partial charge in [0.25, 0.3) is 0 Å². The molecule has 2 aliphatic rings. The topological polar surface area (TPSA) is 139 Å². The molecule has 0 aromatic heterocycles. The number of nitrogens with two attached hydrogens (primary N) is 1. The van der Waals surface area contributed by atoms with E-state index in [1.54, 1.807) is 20.8 Å². The number of carbonyl (C=O) groups excluding carboxylic acids is 1. The smallest absolute Gasteiger partial charge is 0.407 e. The molecule has 2 fully saturated rings. The zero-order valence-corrected chi connectivity index (χ0v) is 25.9. The Morgan fingerprint density at radius 3 is 1.56 bits per heavy atom. The lowest BCUT2D eigenvalue weighted by molar-refractivity contribution is 0.0454. The van der Waals surface area contributed by atoms with Gasteiger partial charge in [-0.05, 0) is 44.4 Å². The number of halogens is 1. The van der Waals surface area contributed by atoms with E-state index in [4.69, 9.17) is 10.5 Å². The number of nitrogens with zero attached hydrogens (tertiary/aromatic N) is 2. The second-order valence-corrected chi connectivity index (χ2v) is 16.8. The highest BCUT2D eigenvalue weighted by molar-refractivity contribution is 7.89. The van der Waals surface area contributed by atoms with E-state index < -0.39 is 31.7 Å². The maximum atomic E-state index is 11.9. The highest BCUT2D eigenvalue weighted by Gasteiger charge is 2.36. The Morgan fingerprint density at radius 2 is 1.25 bits per heavy atom. The van der Waals surface area contributed by atoms with E-state index in [0.29, 0.717) is 26.1 Å². The molecule has 0 spiro atoms. The standard InChI is InChI=1S/C14H28N2O4S.C9H20N2O2S.ClH/c1-13(2,3)11(15-12(17)20-14(4,5)6)10-16-8-7-9-21(16,18)19;1-9(2,3)8(10)7-11-5-4-6-14(11,12)13;/h11H,7-10H2,1-6H3,(H,15,17);8H,4-7,10H2,1-3H3;1H/t11-;8-;/m11./s1. The van der Waals surface area contributed by atoms with Crippen molar-refractivity contribution >= 4 is 38.5 Å². The van der Waals surface area contributed by atoms with Crippen molar-refractivity contribution in [1.82, 2.24) is 13.9 Å². The molecule has 0 unspecified atom stereocenters. The van der Waals surface area contributed by atoms with Crippen molar-refractivity contribution in [2.75, 3.05) is 37.7 Å². The molecule has 13 heteroatoms. The minimum absolute atomic E-state index is 0. The van der Waals surface area contributed by atoms with Gasteiger partial charge in [-0.1, -0.05) is 41.5 Å². The van der Waals surface area contributed by atoms with Crippen molar-refractivity contribution in [3.05, 3.63) is 0 Å². The van der Waals surface area contributed by atoms with E-state index in [2.05, 4.69) is 5.32 Å². The molecule has 0 bridgehead atoms. The zero-order valence-electron chi connectivity index (χ0n) is 23.5. The molecule has 36 heavy (non-hydrogen) atoms. The van der Waals surface area contributed by atoms with Crippen LogP contribution >= 0.6 is 12.4 Å². The number of hydrogen-bond donors (Lipinski definition) is 2. The maximum Gasteiger partial charge on any atom is 0.407 e. The van der Waals surface area contributed by atoms with Gasteiger partial charge in [0, 0.05) is 32.2 Å². The Kier molecular flexibility index (Phi) is 12.7. The summed E-state index contributed by atoms with van der Waals surface area (Å²) in [5.74, 6) is 0.472. The molecule has 2 atom stereocenters. The van der Waals surface area contributed by atoms with E-state index in [9.17, 15) is 21.6 Å². The SMILES string of the molecule is CC(C)(C)OC(=O)N[C@H](CN1CCCS1(=O)=O)C(C)(C)C.CC(C)(C)[C@H](N)CN1CCCS1(=O)=O.Cl. The predicted molar refractivity (Wildman–Crippen MR) is 147 cm³/mol. The number of ether oxygens (including phenoxy) is 1. The van der Waals surface area contributed by atoms with Gasteiger partial charge in [-0.25, -0.2) is 25.9 Å². The summed E-state index contributed by atoms with van der Waals surface area (Å²) in [6.45, 7) is 19.3. The van der Waals surface area contributed by atoms with Crippen LogP contribution in [-0.4, -0.2) is 86.9 Å². The van der Waals surface area contributed by atoms with Crippen LogP contribution in [-0.2, 0) is 24.8 Å². The second-order valence-electron chi connectivity index (χ2n) is 12.6. The summed E-state index contributed by atoms with van der Waals surface area (Å²) in [5, 5.41) is 2.81. The molecule has 0 aromatic carbocycles. The molecule has 0 radical (unpaired) electrons. The number of alkyl carbamates (subject to hydrolysis) is 1. The van der Waals surface area contributed by atoms with Gasteiger partial charge in [0.1, 0.15) is 5.60 Å². The summed E-state index contributed by atoms with van der Waals surface area (Å²) in [5.41, 5.74) is 5.06. The van der Waals surface area contributed by atoms with Crippen LogP contribution in [0.1, 0.15) is 75.2 Å². The van der Waals surface area contributed by atoms with E-state index >= 15 is 0 Å². The Labute approximate surface area is 225 Å². The third kappa shape index (κ3) is 11.8. The molecule has 2 saturated heterocycles. The molecular formula is C23H49ClN4O6S2. The summed E-state index contributed by atoms with van der Waals surface area (Å²) < 4.78 is 55.1. The molecule has 0 aliphatic carbocycles. The fraction of sp³-hybridized carbons (Fsp3) is 0.957. The maximum absolute atomic E-state index is 11.9. The summed E-state index contributed by atoms with van der Waals surface area (Å²) in [4.78, 5) is 11.9. The van der Waals surface area contributed by atoms with Crippen molar-refractivity contribution in [1.29, 1.82) is 0 Å². The molecular weight excluding hydrogens is 528 g/mol. The third-order valence-electron chi connectivity index (χ3n) is 6.04. The van der Waals surface area contributed by atoms with Crippen molar-refractivity contribution in [2.45, 2.75) is 92.8 Å². The highest BCUT2D eigenvalue weighted by atomic mass is 35.5. The Balaban J connectivity index is 0.000000713. The first-order valence-corrected chi connectivity index (χ1v) is 15.5. The fourth-order valence-electron chi connectivity index (χ4n) is 3.48. The number of hydrogen-bond acceptors (Lipinski definition) is 7. The Bertz CT molecular complexity index is 922. The Morgan fingerprint density at radius 1 is 0.833 bits per heavy atom. The van der Waals surface area contributed by atoms with Crippen molar-refractivity contribution < 1.29 is 26.4 Å². The lowest BCUT2D eigenvalue weighted by Crippen LogP contribution is -2.52. The molecule has 2 rings (SSSR count). The van der Waals surface area contributed by atoms with Gasteiger partial charge in [0.15, 0.2) is 0 Å². The van der Waals surface area contributed by atoms with Gasteiger partial charge in [-0.15, -0.1) is 12.4 Å². The van der Waals surface area contributed by atoms with Gasteiger partial charge in [0.05, 0.1) is 17.5 Å². The largest absolute Gasteiger partial charge is 0.444 e. The fourth-order valence-corrected chi connectivity index (χ4v) is 6.56. The van der Waals surface area contributed by atoms with Crippen LogP contribution < -0.4 is 11.1 Å². The van der Waals surface area contributed by atoms with Crippen LogP contribution in [0.25, 0.3) is 0 Å². The van der Waals surface area contributed by atoms with Crippen LogP contribution in [0.15, 0.2) is 0 Å². The monoisotopic (exact) mass is 576 g/mol. The average Bonchev–Trinajstić information content (AvgIpc) is 3.12. The number of carbonyl (C=O) groups is 1. The Hall–Kier alpha value is -0.660. The molecule has 1 amide bonds. The molecule has 10 nitrogen and oxygen atoms in total. The quantitative estimate of drug-likeness (QED) is 0.513. The lowest BCUT2D eigenvalue weighted by atomic mass is 9.86. The van der Waals surface area contributed by atoms with E-state index in [1.807, 2.05) is 41.5 Å². The van der Waals surface area contributed by atoms with Gasteiger partial charge >= 0.3 is 6.09 Å². The van der Waals surface area contributed by atoms with Gasteiger partial charge in [-0.3, -0.25) is 0 Å². The third-order valence-corrected chi connectivity index (χ3v) is 9.89. The second kappa shape index (κ2) is 12.9. The van der Waals surface area contributed by atoms with E-state index in [0.717, 1.165) is 6.42 Å². The van der Waals surface area contributed by atoms with Crippen LogP contribution in [0.3, 0.4) is 0 Å². The molecule has 3 N–H and O–H groups in total. The van der Waals surface area contributed by atoms with Crippen molar-refractivity contribution in [3.63, 3.8) is 0 Å². The van der Waals surface area contributed by atoms with Crippen molar-refractivity contribution in [3.8, 4) is 0 Å². The summed E-state index contributed by atoms with van der Waals surface area (Å²) in [6, 6.07) is -0.407. The number of rotatable bonds is 5. The average molecular weight is 577 g/mol. The molecule has 2 heterocycles. The van der Waals surface area contributed by atoms with Crippen LogP contribution in [0.5, 0.6) is 0 Å². The number of nitrogens with one attached hydrogen (secondary N) is 1. The number of sulfonamides is 2. The minimum Gasteiger partial charge on any atom is -0.444 e. The zero-order chi connectivity index (χ0) is 27.5. The first-order valence-electron chi connectivity index (χ1n) is 12.3. The normalized spacial score (nSPS) is 22.1. The molecule has 0 saturated carbocycles. The molecule has 2 aliphatic heterocycles. The summed E-state index contributed by atoms with van der Waals surface area (Å²) >= 11 is 0. The predicted octanol–water partition coefficient (Wildman–Crippen LogP) is 2.78. The van der Waals surface area contributed by atoms with Crippen LogP contribution in [0.2, 0.25) is 0 Å². The number of amides is 1. The van der Waals surface area contributed by atoms with Crippen LogP contribution in [0, 0.1) is 10.8 Å². The first kappa shape index (κ1) is 35.3.